The van der Waals surface area contributed by atoms with Crippen LogP contribution in [-0.2, 0) is 4.79 Å². The Morgan fingerprint density at radius 2 is 2.00 bits per heavy atom. The van der Waals surface area contributed by atoms with Gasteiger partial charge in [-0.15, -0.1) is 0 Å². The molecular formula is C13H24N2O. The first-order chi connectivity index (χ1) is 7.61. The fourth-order valence-electron chi connectivity index (χ4n) is 3.27. The van der Waals surface area contributed by atoms with Gasteiger partial charge in [-0.3, -0.25) is 4.79 Å². The van der Waals surface area contributed by atoms with E-state index in [2.05, 4.69) is 18.7 Å². The van der Waals surface area contributed by atoms with Gasteiger partial charge in [0.05, 0.1) is 5.92 Å². The molecule has 3 nitrogen and oxygen atoms in total. The number of rotatable bonds is 2. The van der Waals surface area contributed by atoms with Gasteiger partial charge in [-0.2, -0.15) is 0 Å². The second kappa shape index (κ2) is 4.74. The van der Waals surface area contributed by atoms with Gasteiger partial charge in [0.15, 0.2) is 0 Å². The Bertz CT molecular complexity index is 265. The molecule has 0 spiro atoms. The molecule has 0 radical (unpaired) electrons. The van der Waals surface area contributed by atoms with Crippen LogP contribution in [0.2, 0.25) is 0 Å². The Morgan fingerprint density at radius 3 is 2.56 bits per heavy atom. The molecule has 1 aliphatic carbocycles. The van der Waals surface area contributed by atoms with Crippen LogP contribution in [-0.4, -0.2) is 29.4 Å². The average molecular weight is 224 g/mol. The molecule has 0 aromatic heterocycles. The van der Waals surface area contributed by atoms with Crippen LogP contribution in [0.1, 0.15) is 46.0 Å². The van der Waals surface area contributed by atoms with Crippen molar-refractivity contribution >= 4 is 5.91 Å². The Balaban J connectivity index is 2.03. The van der Waals surface area contributed by atoms with Gasteiger partial charge < -0.3 is 10.6 Å². The van der Waals surface area contributed by atoms with Crippen LogP contribution in [0.4, 0.5) is 0 Å². The van der Waals surface area contributed by atoms with Crippen LogP contribution in [0.3, 0.4) is 0 Å². The molecule has 1 aliphatic heterocycles. The molecule has 0 aromatic carbocycles. The van der Waals surface area contributed by atoms with E-state index in [1.54, 1.807) is 0 Å². The second-order valence-corrected chi connectivity index (χ2v) is 5.69. The number of carbonyl (C=O) groups excluding carboxylic acids is 1. The third kappa shape index (κ3) is 2.10. The minimum absolute atomic E-state index is 0.111. The third-order valence-corrected chi connectivity index (χ3v) is 4.24. The maximum absolute atomic E-state index is 12.4. The zero-order chi connectivity index (χ0) is 11.7. The number of amides is 1. The van der Waals surface area contributed by atoms with E-state index in [0.29, 0.717) is 17.9 Å². The lowest BCUT2D eigenvalue weighted by atomic mass is 9.98. The maximum Gasteiger partial charge on any atom is 0.227 e. The van der Waals surface area contributed by atoms with Gasteiger partial charge in [0.25, 0.3) is 0 Å². The molecule has 3 heteroatoms. The summed E-state index contributed by atoms with van der Waals surface area (Å²) >= 11 is 0. The SMILES string of the molecule is CC(C)C1CCCN1C(=O)C1CCCC1N. The second-order valence-electron chi connectivity index (χ2n) is 5.69. The first-order valence-electron chi connectivity index (χ1n) is 6.67. The summed E-state index contributed by atoms with van der Waals surface area (Å²) in [6.07, 6.45) is 5.48. The summed E-state index contributed by atoms with van der Waals surface area (Å²) in [7, 11) is 0. The summed E-state index contributed by atoms with van der Waals surface area (Å²) in [5, 5.41) is 0. The Labute approximate surface area is 98.4 Å². The lowest BCUT2D eigenvalue weighted by molar-refractivity contribution is -0.137. The summed E-state index contributed by atoms with van der Waals surface area (Å²) in [5.74, 6) is 1.02. The van der Waals surface area contributed by atoms with Crippen molar-refractivity contribution < 1.29 is 4.79 Å². The summed E-state index contributed by atoms with van der Waals surface area (Å²) in [6, 6.07) is 0.571. The molecule has 3 atom stereocenters. The standard InChI is InChI=1S/C13H24N2O/c1-9(2)12-7-4-8-15(12)13(16)10-5-3-6-11(10)14/h9-12H,3-8,14H2,1-2H3. The lowest BCUT2D eigenvalue weighted by Gasteiger charge is -2.31. The van der Waals surface area contributed by atoms with Crippen LogP contribution < -0.4 is 5.73 Å². The Kier molecular flexibility index (Phi) is 3.53. The van der Waals surface area contributed by atoms with Gasteiger partial charge in [-0.25, -0.2) is 0 Å². The fourth-order valence-corrected chi connectivity index (χ4v) is 3.27. The summed E-state index contributed by atoms with van der Waals surface area (Å²) in [4.78, 5) is 14.5. The van der Waals surface area contributed by atoms with Gasteiger partial charge in [0, 0.05) is 18.6 Å². The first kappa shape index (κ1) is 11.9. The van der Waals surface area contributed by atoms with Crippen LogP contribution in [0, 0.1) is 11.8 Å². The maximum atomic E-state index is 12.4. The van der Waals surface area contributed by atoms with Crippen LogP contribution in [0.15, 0.2) is 0 Å². The van der Waals surface area contributed by atoms with Gasteiger partial charge in [-0.1, -0.05) is 20.3 Å². The highest BCUT2D eigenvalue weighted by Gasteiger charge is 2.38. The van der Waals surface area contributed by atoms with Gasteiger partial charge in [-0.05, 0) is 31.6 Å². The number of carbonyl (C=O) groups is 1. The molecule has 2 aliphatic rings. The van der Waals surface area contributed by atoms with Crippen molar-refractivity contribution in [3.63, 3.8) is 0 Å². The predicted octanol–water partition coefficient (Wildman–Crippen LogP) is 1.76. The molecule has 2 rings (SSSR count). The molecule has 92 valence electrons. The summed E-state index contributed by atoms with van der Waals surface area (Å²) in [5.41, 5.74) is 6.02. The average Bonchev–Trinajstić information content (AvgIpc) is 2.84. The van der Waals surface area contributed by atoms with Gasteiger partial charge in [0.2, 0.25) is 5.91 Å². The van der Waals surface area contributed by atoms with E-state index >= 15 is 0 Å². The normalized spacial score (nSPS) is 35.0. The van der Waals surface area contributed by atoms with E-state index < -0.39 is 0 Å². The highest BCUT2D eigenvalue weighted by Crippen LogP contribution is 2.31. The van der Waals surface area contributed by atoms with Crippen molar-refractivity contribution in [3.05, 3.63) is 0 Å². The minimum Gasteiger partial charge on any atom is -0.339 e. The van der Waals surface area contributed by atoms with Gasteiger partial charge >= 0.3 is 0 Å². The quantitative estimate of drug-likeness (QED) is 0.777. The number of hydrogen-bond acceptors (Lipinski definition) is 2. The molecule has 16 heavy (non-hydrogen) atoms. The van der Waals surface area contributed by atoms with E-state index in [9.17, 15) is 4.79 Å². The van der Waals surface area contributed by atoms with E-state index in [0.717, 1.165) is 32.2 Å². The van der Waals surface area contributed by atoms with Crippen molar-refractivity contribution in [1.29, 1.82) is 0 Å². The minimum atomic E-state index is 0.111. The van der Waals surface area contributed by atoms with E-state index in [4.69, 9.17) is 5.73 Å². The van der Waals surface area contributed by atoms with Gasteiger partial charge in [0.1, 0.15) is 0 Å². The fraction of sp³-hybridized carbons (Fsp3) is 0.923. The molecular weight excluding hydrogens is 200 g/mol. The molecule has 3 unspecified atom stereocenters. The van der Waals surface area contributed by atoms with Crippen molar-refractivity contribution in [2.24, 2.45) is 17.6 Å². The summed E-state index contributed by atoms with van der Waals surface area (Å²) in [6.45, 7) is 5.38. The highest BCUT2D eigenvalue weighted by atomic mass is 16.2. The molecule has 1 saturated heterocycles. The Morgan fingerprint density at radius 1 is 1.25 bits per heavy atom. The number of hydrogen-bond donors (Lipinski definition) is 1. The number of likely N-dealkylation sites (tertiary alicyclic amines) is 1. The monoisotopic (exact) mass is 224 g/mol. The largest absolute Gasteiger partial charge is 0.339 e. The number of nitrogens with two attached hydrogens (primary N) is 1. The van der Waals surface area contributed by atoms with Crippen molar-refractivity contribution in [3.8, 4) is 0 Å². The Hall–Kier alpha value is -0.570. The van der Waals surface area contributed by atoms with Crippen molar-refractivity contribution in [1.82, 2.24) is 4.90 Å². The van der Waals surface area contributed by atoms with Crippen LogP contribution in [0.5, 0.6) is 0 Å². The smallest absolute Gasteiger partial charge is 0.227 e. The molecule has 2 N–H and O–H groups in total. The number of nitrogens with zero attached hydrogens (tertiary/aromatic N) is 1. The van der Waals surface area contributed by atoms with Crippen LogP contribution in [0.25, 0.3) is 0 Å². The van der Waals surface area contributed by atoms with E-state index in [1.165, 1.54) is 6.42 Å². The molecule has 1 amide bonds. The summed E-state index contributed by atoms with van der Waals surface area (Å²) < 4.78 is 0. The lowest BCUT2D eigenvalue weighted by Crippen LogP contribution is -2.45. The predicted molar refractivity (Wildman–Crippen MR) is 64.9 cm³/mol. The van der Waals surface area contributed by atoms with Crippen molar-refractivity contribution in [2.45, 2.75) is 58.0 Å². The molecule has 1 heterocycles. The topological polar surface area (TPSA) is 46.3 Å². The molecule has 2 fully saturated rings. The molecule has 0 bridgehead atoms. The molecule has 1 saturated carbocycles. The zero-order valence-corrected chi connectivity index (χ0v) is 10.5. The zero-order valence-electron chi connectivity index (χ0n) is 10.5. The highest BCUT2D eigenvalue weighted by molar-refractivity contribution is 5.80. The first-order valence-corrected chi connectivity index (χ1v) is 6.67. The van der Waals surface area contributed by atoms with E-state index in [-0.39, 0.29) is 12.0 Å². The molecule has 0 aromatic rings. The van der Waals surface area contributed by atoms with Crippen molar-refractivity contribution in [2.75, 3.05) is 6.54 Å². The van der Waals surface area contributed by atoms with Crippen LogP contribution >= 0.6 is 0 Å². The van der Waals surface area contributed by atoms with E-state index in [1.807, 2.05) is 0 Å². The third-order valence-electron chi connectivity index (χ3n) is 4.24.